The molecule has 0 aromatic heterocycles. The highest BCUT2D eigenvalue weighted by molar-refractivity contribution is 5.71. The average molecular weight is 877 g/mol. The first-order chi connectivity index (χ1) is 30.3. The summed E-state index contributed by atoms with van der Waals surface area (Å²) in [5.41, 5.74) is 0. The maximum Gasteiger partial charge on any atom is 0.306 e. The van der Waals surface area contributed by atoms with Gasteiger partial charge in [-0.3, -0.25) is 14.4 Å². The van der Waals surface area contributed by atoms with E-state index in [4.69, 9.17) is 14.2 Å². The lowest BCUT2D eigenvalue weighted by atomic mass is 9.99. The molecular formula is C56H108O6. The van der Waals surface area contributed by atoms with E-state index in [9.17, 15) is 14.4 Å². The van der Waals surface area contributed by atoms with Crippen LogP contribution in [0, 0.1) is 11.8 Å². The Bertz CT molecular complexity index is 951. The van der Waals surface area contributed by atoms with E-state index in [1.54, 1.807) is 0 Å². The topological polar surface area (TPSA) is 78.9 Å². The lowest BCUT2D eigenvalue weighted by Gasteiger charge is -2.18. The van der Waals surface area contributed by atoms with Crippen molar-refractivity contribution in [2.45, 2.75) is 317 Å². The van der Waals surface area contributed by atoms with E-state index in [1.807, 2.05) is 0 Å². The molecule has 6 heteroatoms. The highest BCUT2D eigenvalue weighted by Gasteiger charge is 2.19. The molecule has 0 saturated heterocycles. The van der Waals surface area contributed by atoms with Crippen molar-refractivity contribution in [3.05, 3.63) is 0 Å². The fraction of sp³-hybridized carbons (Fsp3) is 0.946. The van der Waals surface area contributed by atoms with Crippen molar-refractivity contribution < 1.29 is 28.6 Å². The second kappa shape index (κ2) is 48.9. The van der Waals surface area contributed by atoms with Crippen LogP contribution in [-0.2, 0) is 28.6 Å². The van der Waals surface area contributed by atoms with Gasteiger partial charge < -0.3 is 14.2 Å². The van der Waals surface area contributed by atoms with Crippen LogP contribution in [0.5, 0.6) is 0 Å². The number of ether oxygens (including phenoxy) is 3. The third-order valence-electron chi connectivity index (χ3n) is 13.4. The molecule has 0 N–H and O–H groups in total. The lowest BCUT2D eigenvalue weighted by molar-refractivity contribution is -0.167. The van der Waals surface area contributed by atoms with Crippen molar-refractivity contribution in [2.75, 3.05) is 13.2 Å². The van der Waals surface area contributed by atoms with E-state index in [0.29, 0.717) is 19.3 Å². The summed E-state index contributed by atoms with van der Waals surface area (Å²) in [6.45, 7) is 11.4. The molecule has 0 aliphatic carbocycles. The molecule has 62 heavy (non-hydrogen) atoms. The minimum absolute atomic E-state index is 0.0641. The summed E-state index contributed by atoms with van der Waals surface area (Å²) in [5.74, 6) is 0.859. The van der Waals surface area contributed by atoms with Gasteiger partial charge in [0.15, 0.2) is 6.10 Å². The lowest BCUT2D eigenvalue weighted by Crippen LogP contribution is -2.30. The Balaban J connectivity index is 4.24. The third-order valence-corrected chi connectivity index (χ3v) is 13.4. The Hall–Kier alpha value is -1.59. The minimum Gasteiger partial charge on any atom is -0.462 e. The summed E-state index contributed by atoms with van der Waals surface area (Å²) in [7, 11) is 0. The Labute approximate surface area is 387 Å². The van der Waals surface area contributed by atoms with Gasteiger partial charge in [-0.05, 0) is 31.1 Å². The molecule has 368 valence electrons. The van der Waals surface area contributed by atoms with E-state index in [-0.39, 0.29) is 31.1 Å². The number of carbonyl (C=O) groups excluding carboxylic acids is 3. The molecule has 0 aromatic carbocycles. The van der Waals surface area contributed by atoms with Gasteiger partial charge >= 0.3 is 17.9 Å². The second-order valence-electron chi connectivity index (χ2n) is 19.7. The standard InChI is InChI=1S/C56H108O6/c1-6-9-10-11-12-13-14-15-16-17-21-24-27-30-36-41-46-54(57)60-49-53(62-56(59)48-43-38-33-32-35-40-45-52(5)8-3)50-61-55(58)47-42-37-31-28-25-22-19-18-20-23-26-29-34-39-44-51(4)7-2/h51-53H,6-50H2,1-5H3/t51?,52?,53-/m0/s1. The van der Waals surface area contributed by atoms with Crippen LogP contribution in [-0.4, -0.2) is 37.2 Å². The first kappa shape index (κ1) is 60.4. The zero-order valence-corrected chi connectivity index (χ0v) is 42.5. The van der Waals surface area contributed by atoms with E-state index < -0.39 is 6.10 Å². The molecule has 2 unspecified atom stereocenters. The maximum absolute atomic E-state index is 12.8. The number of hydrogen-bond acceptors (Lipinski definition) is 6. The average Bonchev–Trinajstić information content (AvgIpc) is 3.27. The molecule has 0 bridgehead atoms. The summed E-state index contributed by atoms with van der Waals surface area (Å²) < 4.78 is 16.8. The van der Waals surface area contributed by atoms with Crippen LogP contribution >= 0.6 is 0 Å². The molecule has 6 nitrogen and oxygen atoms in total. The first-order valence-corrected chi connectivity index (χ1v) is 27.8. The van der Waals surface area contributed by atoms with Crippen molar-refractivity contribution in [1.82, 2.24) is 0 Å². The van der Waals surface area contributed by atoms with Crippen LogP contribution in [0.2, 0.25) is 0 Å². The monoisotopic (exact) mass is 877 g/mol. The molecule has 0 saturated carbocycles. The normalized spacial score (nSPS) is 12.9. The van der Waals surface area contributed by atoms with Crippen LogP contribution < -0.4 is 0 Å². The highest BCUT2D eigenvalue weighted by Crippen LogP contribution is 2.19. The first-order valence-electron chi connectivity index (χ1n) is 27.8. The zero-order chi connectivity index (χ0) is 45.4. The van der Waals surface area contributed by atoms with E-state index in [1.165, 1.54) is 199 Å². The Kier molecular flexibility index (Phi) is 47.6. The van der Waals surface area contributed by atoms with E-state index in [2.05, 4.69) is 34.6 Å². The molecule has 0 spiro atoms. The third kappa shape index (κ3) is 46.4. The van der Waals surface area contributed by atoms with Crippen molar-refractivity contribution >= 4 is 17.9 Å². The second-order valence-corrected chi connectivity index (χ2v) is 19.7. The molecule has 3 atom stereocenters. The van der Waals surface area contributed by atoms with Gasteiger partial charge in [-0.2, -0.15) is 0 Å². The predicted molar refractivity (Wildman–Crippen MR) is 266 cm³/mol. The fourth-order valence-electron chi connectivity index (χ4n) is 8.46. The summed E-state index contributed by atoms with van der Waals surface area (Å²) in [4.78, 5) is 38.0. The quantitative estimate of drug-likeness (QED) is 0.0344. The van der Waals surface area contributed by atoms with Crippen LogP contribution in [0.4, 0.5) is 0 Å². The SMILES string of the molecule is CCCCCCCCCCCCCCCCCCC(=O)OC[C@@H](COC(=O)CCCCCCCCCCCCCCCCC(C)CC)OC(=O)CCCCCCCCC(C)CC. The summed E-state index contributed by atoms with van der Waals surface area (Å²) in [6, 6.07) is 0. The number of carbonyl (C=O) groups is 3. The predicted octanol–water partition coefficient (Wildman–Crippen LogP) is 18.1. The smallest absolute Gasteiger partial charge is 0.306 e. The largest absolute Gasteiger partial charge is 0.462 e. The Morgan fingerprint density at radius 2 is 0.565 bits per heavy atom. The highest BCUT2D eigenvalue weighted by atomic mass is 16.6. The van der Waals surface area contributed by atoms with Crippen LogP contribution in [0.15, 0.2) is 0 Å². The van der Waals surface area contributed by atoms with Gasteiger partial charge in [0.1, 0.15) is 13.2 Å². The van der Waals surface area contributed by atoms with E-state index in [0.717, 1.165) is 69.6 Å². The molecule has 0 aliphatic heterocycles. The summed E-state index contributed by atoms with van der Waals surface area (Å²) in [5, 5.41) is 0. The van der Waals surface area contributed by atoms with Gasteiger partial charge in [-0.25, -0.2) is 0 Å². The molecular weight excluding hydrogens is 769 g/mol. The van der Waals surface area contributed by atoms with Gasteiger partial charge in [0.2, 0.25) is 0 Å². The summed E-state index contributed by atoms with van der Waals surface area (Å²) >= 11 is 0. The molecule has 0 amide bonds. The maximum atomic E-state index is 12.8. The number of hydrogen-bond donors (Lipinski definition) is 0. The van der Waals surface area contributed by atoms with Crippen molar-refractivity contribution in [1.29, 1.82) is 0 Å². The van der Waals surface area contributed by atoms with Gasteiger partial charge in [0.25, 0.3) is 0 Å². The molecule has 0 radical (unpaired) electrons. The minimum atomic E-state index is -0.763. The van der Waals surface area contributed by atoms with Crippen LogP contribution in [0.3, 0.4) is 0 Å². The van der Waals surface area contributed by atoms with Gasteiger partial charge in [-0.1, -0.05) is 272 Å². The molecule has 0 heterocycles. The van der Waals surface area contributed by atoms with Crippen molar-refractivity contribution in [3.63, 3.8) is 0 Å². The molecule has 0 fully saturated rings. The number of unbranched alkanes of at least 4 members (excludes halogenated alkanes) is 33. The fourth-order valence-corrected chi connectivity index (χ4v) is 8.46. The van der Waals surface area contributed by atoms with E-state index >= 15 is 0 Å². The van der Waals surface area contributed by atoms with Crippen LogP contribution in [0.25, 0.3) is 0 Å². The Morgan fingerprint density at radius 3 is 0.839 bits per heavy atom. The van der Waals surface area contributed by atoms with Crippen molar-refractivity contribution in [2.24, 2.45) is 11.8 Å². The van der Waals surface area contributed by atoms with Gasteiger partial charge in [0, 0.05) is 19.3 Å². The van der Waals surface area contributed by atoms with Crippen LogP contribution in [0.1, 0.15) is 311 Å². The number of rotatable bonds is 50. The molecule has 0 aliphatic rings. The molecule has 0 rings (SSSR count). The van der Waals surface area contributed by atoms with Gasteiger partial charge in [0.05, 0.1) is 0 Å². The van der Waals surface area contributed by atoms with Crippen molar-refractivity contribution in [3.8, 4) is 0 Å². The number of esters is 3. The zero-order valence-electron chi connectivity index (χ0n) is 42.5. The Morgan fingerprint density at radius 1 is 0.323 bits per heavy atom. The molecule has 0 aromatic rings. The summed E-state index contributed by atoms with van der Waals surface area (Å²) in [6.07, 6.45) is 50.9. The van der Waals surface area contributed by atoms with Gasteiger partial charge in [-0.15, -0.1) is 0 Å².